The number of carbonyl (C=O) groups excluding carboxylic acids is 2. The fourth-order valence-corrected chi connectivity index (χ4v) is 5.26. The van der Waals surface area contributed by atoms with Crippen LogP contribution in [0.5, 0.6) is 0 Å². The highest BCUT2D eigenvalue weighted by atomic mass is 16.6. The van der Waals surface area contributed by atoms with Crippen LogP contribution in [0, 0.1) is 0 Å². The topological polar surface area (TPSA) is 72.8 Å². The van der Waals surface area contributed by atoms with Crippen LogP contribution in [0.2, 0.25) is 0 Å². The van der Waals surface area contributed by atoms with Crippen LogP contribution in [-0.4, -0.2) is 36.4 Å². The third kappa shape index (κ3) is 39.6. The van der Waals surface area contributed by atoms with E-state index in [-0.39, 0.29) is 25.6 Å². The highest BCUT2D eigenvalue weighted by Gasteiger charge is 2.15. The summed E-state index contributed by atoms with van der Waals surface area (Å²) < 4.78 is 10.6. The molecule has 0 aliphatic carbocycles. The lowest BCUT2D eigenvalue weighted by Crippen LogP contribution is -2.28. The van der Waals surface area contributed by atoms with Crippen molar-refractivity contribution in [3.63, 3.8) is 0 Å². The van der Waals surface area contributed by atoms with E-state index in [1.807, 2.05) is 12.2 Å². The Morgan fingerprint density at radius 2 is 0.865 bits per heavy atom. The largest absolute Gasteiger partial charge is 0.462 e. The van der Waals surface area contributed by atoms with Crippen molar-refractivity contribution in [2.24, 2.45) is 0 Å². The molecule has 0 saturated carbocycles. The van der Waals surface area contributed by atoms with E-state index >= 15 is 0 Å². The number of carbonyl (C=O) groups is 2. The zero-order chi connectivity index (χ0) is 37.8. The molecule has 1 atom stereocenters. The van der Waals surface area contributed by atoms with Gasteiger partial charge >= 0.3 is 11.9 Å². The highest BCUT2D eigenvalue weighted by molar-refractivity contribution is 5.70. The number of hydrogen-bond donors (Lipinski definition) is 1. The molecular formula is C47H76O5. The van der Waals surface area contributed by atoms with Gasteiger partial charge < -0.3 is 14.6 Å². The Morgan fingerprint density at radius 1 is 0.462 bits per heavy atom. The van der Waals surface area contributed by atoms with Crippen molar-refractivity contribution in [2.75, 3.05) is 13.2 Å². The predicted octanol–water partition coefficient (Wildman–Crippen LogP) is 13.3. The Hall–Kier alpha value is -3.18. The van der Waals surface area contributed by atoms with Crippen molar-refractivity contribution in [2.45, 2.75) is 174 Å². The van der Waals surface area contributed by atoms with Crippen LogP contribution in [0.15, 0.2) is 97.2 Å². The van der Waals surface area contributed by atoms with Gasteiger partial charge in [-0.3, -0.25) is 9.59 Å². The summed E-state index contributed by atoms with van der Waals surface area (Å²) in [5.41, 5.74) is 0. The van der Waals surface area contributed by atoms with Gasteiger partial charge in [0.1, 0.15) is 6.61 Å². The number of allylic oxidation sites excluding steroid dienone is 16. The number of aliphatic hydroxyl groups excluding tert-OH is 1. The van der Waals surface area contributed by atoms with Gasteiger partial charge in [0, 0.05) is 12.8 Å². The Morgan fingerprint density at radius 3 is 1.33 bits per heavy atom. The van der Waals surface area contributed by atoms with E-state index in [0.29, 0.717) is 12.8 Å². The summed E-state index contributed by atoms with van der Waals surface area (Å²) in [5, 5.41) is 9.56. The summed E-state index contributed by atoms with van der Waals surface area (Å²) >= 11 is 0. The normalized spacial score (nSPS) is 13.2. The summed E-state index contributed by atoms with van der Waals surface area (Å²) in [6, 6.07) is 0. The number of unbranched alkanes of at least 4 members (excludes halogenated alkanes) is 12. The van der Waals surface area contributed by atoms with Crippen molar-refractivity contribution in [1.29, 1.82) is 0 Å². The van der Waals surface area contributed by atoms with Crippen molar-refractivity contribution in [3.8, 4) is 0 Å². The fourth-order valence-electron chi connectivity index (χ4n) is 5.26. The first-order valence-electron chi connectivity index (χ1n) is 20.8. The lowest BCUT2D eigenvalue weighted by molar-refractivity contribution is -0.161. The monoisotopic (exact) mass is 721 g/mol. The predicted molar refractivity (Wildman–Crippen MR) is 223 cm³/mol. The van der Waals surface area contributed by atoms with Crippen molar-refractivity contribution in [1.82, 2.24) is 0 Å². The quantitative estimate of drug-likeness (QED) is 0.0396. The van der Waals surface area contributed by atoms with E-state index in [9.17, 15) is 14.7 Å². The number of hydrogen-bond acceptors (Lipinski definition) is 5. The molecule has 0 aromatic carbocycles. The van der Waals surface area contributed by atoms with E-state index < -0.39 is 12.1 Å². The summed E-state index contributed by atoms with van der Waals surface area (Å²) in [5.74, 6) is -0.701. The summed E-state index contributed by atoms with van der Waals surface area (Å²) in [7, 11) is 0. The second-order valence-corrected chi connectivity index (χ2v) is 13.3. The van der Waals surface area contributed by atoms with Crippen molar-refractivity contribution in [3.05, 3.63) is 97.2 Å². The van der Waals surface area contributed by atoms with Gasteiger partial charge in [0.15, 0.2) is 6.10 Å². The van der Waals surface area contributed by atoms with E-state index in [1.54, 1.807) is 0 Å². The van der Waals surface area contributed by atoms with Gasteiger partial charge in [0.05, 0.1) is 6.61 Å². The molecule has 0 saturated heterocycles. The maximum Gasteiger partial charge on any atom is 0.306 e. The van der Waals surface area contributed by atoms with E-state index in [2.05, 4.69) is 98.9 Å². The Labute approximate surface area is 319 Å². The molecule has 0 fully saturated rings. The third-order valence-corrected chi connectivity index (χ3v) is 8.38. The minimum absolute atomic E-state index is 0.104. The molecule has 52 heavy (non-hydrogen) atoms. The lowest BCUT2D eigenvalue weighted by Gasteiger charge is -2.15. The minimum Gasteiger partial charge on any atom is -0.462 e. The first-order chi connectivity index (χ1) is 25.6. The number of esters is 2. The van der Waals surface area contributed by atoms with Gasteiger partial charge in [-0.2, -0.15) is 0 Å². The van der Waals surface area contributed by atoms with Crippen LogP contribution < -0.4 is 0 Å². The van der Waals surface area contributed by atoms with Gasteiger partial charge in [-0.1, -0.05) is 169 Å². The Kier molecular flexibility index (Phi) is 39.7. The van der Waals surface area contributed by atoms with E-state index in [4.69, 9.17) is 9.47 Å². The molecular weight excluding hydrogens is 645 g/mol. The van der Waals surface area contributed by atoms with Gasteiger partial charge in [-0.25, -0.2) is 0 Å². The number of rotatable bonds is 36. The molecule has 5 nitrogen and oxygen atoms in total. The van der Waals surface area contributed by atoms with Crippen molar-refractivity contribution < 1.29 is 24.2 Å². The Bertz CT molecular complexity index is 1040. The first-order valence-corrected chi connectivity index (χ1v) is 20.8. The molecule has 0 bridgehead atoms. The molecule has 294 valence electrons. The van der Waals surface area contributed by atoms with Crippen LogP contribution >= 0.6 is 0 Å². The zero-order valence-electron chi connectivity index (χ0n) is 33.3. The SMILES string of the molecule is CC/C=C\C/C=C\C/C=C\C/C=C\C/C=C\C/C=C\CCC(=O)OC(CO)COC(=O)CCCCCCCCCCC/C=C\C/C=C\CCCCC. The lowest BCUT2D eigenvalue weighted by atomic mass is 10.1. The molecule has 1 unspecified atom stereocenters. The molecule has 0 rings (SSSR count). The first kappa shape index (κ1) is 48.8. The van der Waals surface area contributed by atoms with Crippen LogP contribution in [0.3, 0.4) is 0 Å². The molecule has 0 heterocycles. The fraction of sp³-hybridized carbons (Fsp3) is 0.617. The highest BCUT2D eigenvalue weighted by Crippen LogP contribution is 2.12. The van der Waals surface area contributed by atoms with Gasteiger partial charge in [-0.15, -0.1) is 0 Å². The third-order valence-electron chi connectivity index (χ3n) is 8.38. The number of ether oxygens (including phenoxy) is 2. The van der Waals surface area contributed by atoms with E-state index in [0.717, 1.165) is 64.2 Å². The molecule has 0 radical (unpaired) electrons. The smallest absolute Gasteiger partial charge is 0.306 e. The van der Waals surface area contributed by atoms with Crippen LogP contribution in [0.1, 0.15) is 168 Å². The van der Waals surface area contributed by atoms with Gasteiger partial charge in [0.2, 0.25) is 0 Å². The zero-order valence-corrected chi connectivity index (χ0v) is 33.3. The molecule has 0 aromatic rings. The summed E-state index contributed by atoms with van der Waals surface area (Å²) in [4.78, 5) is 24.3. The molecule has 0 amide bonds. The Balaban J connectivity index is 3.70. The molecule has 0 aliphatic heterocycles. The van der Waals surface area contributed by atoms with Gasteiger partial charge in [-0.05, 0) is 83.5 Å². The molecule has 0 aliphatic rings. The van der Waals surface area contributed by atoms with Crippen molar-refractivity contribution >= 4 is 11.9 Å². The van der Waals surface area contributed by atoms with Crippen LogP contribution in [0.25, 0.3) is 0 Å². The summed E-state index contributed by atoms with van der Waals surface area (Å²) in [6.07, 6.45) is 59.1. The van der Waals surface area contributed by atoms with Gasteiger partial charge in [0.25, 0.3) is 0 Å². The molecule has 0 aromatic heterocycles. The second-order valence-electron chi connectivity index (χ2n) is 13.3. The summed E-state index contributed by atoms with van der Waals surface area (Å²) in [6.45, 7) is 3.92. The maximum atomic E-state index is 12.2. The second kappa shape index (κ2) is 42.2. The average Bonchev–Trinajstić information content (AvgIpc) is 3.15. The standard InChI is InChI=1S/C47H76O5/c1-3-5-7-9-11-13-15-17-19-21-23-25-27-29-31-33-35-37-39-41-46(49)51-44-45(43-48)52-47(50)42-40-38-36-34-32-30-28-26-24-22-20-18-16-14-12-10-8-6-4-2/h6,8,11-14,17-20,24,26,30,32,36,38,45,48H,3-5,7,9-10,15-16,21-23,25,27-29,31,33-35,37,39-44H2,1-2H3/b8-6-,13-11-,14-12-,19-17-,20-18-,26-24-,32-30-,38-36-. The minimum atomic E-state index is -0.819. The molecule has 5 heteroatoms. The van der Waals surface area contributed by atoms with Crippen LogP contribution in [0.4, 0.5) is 0 Å². The molecule has 1 N–H and O–H groups in total. The molecule has 0 spiro atoms. The average molecular weight is 721 g/mol. The van der Waals surface area contributed by atoms with Crippen LogP contribution in [-0.2, 0) is 19.1 Å². The van der Waals surface area contributed by atoms with E-state index in [1.165, 1.54) is 70.6 Å². The number of aliphatic hydroxyl groups is 1. The maximum absolute atomic E-state index is 12.2.